The normalized spacial score (nSPS) is 15.0. The van der Waals surface area contributed by atoms with E-state index >= 15 is 0 Å². The van der Waals surface area contributed by atoms with E-state index in [0.717, 1.165) is 24.4 Å². The monoisotopic (exact) mass is 378 g/mol. The average molecular weight is 378 g/mol. The highest BCUT2D eigenvalue weighted by atomic mass is 16.5. The van der Waals surface area contributed by atoms with Crippen molar-refractivity contribution in [2.75, 3.05) is 26.2 Å². The number of nitrogens with zero attached hydrogens (tertiary/aromatic N) is 4. The molecule has 1 fully saturated rings. The standard InChI is InChI=1S/C22H26N4O2/c1-17-24-21-10-11-23-16-20(21)22(27)26(17)18-6-8-19(9-7-18)28-15-5-14-25-12-3-2-4-13-25/h6-11,16H,2-5,12-15H2,1H3. The maximum atomic E-state index is 12.8. The third-order valence-electron chi connectivity index (χ3n) is 5.27. The summed E-state index contributed by atoms with van der Waals surface area (Å²) in [5.41, 5.74) is 1.34. The minimum absolute atomic E-state index is 0.106. The topological polar surface area (TPSA) is 60.3 Å². The highest BCUT2D eigenvalue weighted by Crippen LogP contribution is 2.17. The van der Waals surface area contributed by atoms with Gasteiger partial charge in [0.1, 0.15) is 11.6 Å². The summed E-state index contributed by atoms with van der Waals surface area (Å²) in [6, 6.07) is 9.39. The van der Waals surface area contributed by atoms with E-state index in [0.29, 0.717) is 23.3 Å². The van der Waals surface area contributed by atoms with Crippen LogP contribution < -0.4 is 10.3 Å². The number of piperidine rings is 1. The number of benzene rings is 1. The van der Waals surface area contributed by atoms with Gasteiger partial charge in [-0.05, 0) is 69.6 Å². The lowest BCUT2D eigenvalue weighted by molar-refractivity contribution is 0.205. The molecule has 1 aliphatic rings. The molecule has 0 aliphatic carbocycles. The number of hydrogen-bond acceptors (Lipinski definition) is 5. The molecule has 3 heterocycles. The minimum Gasteiger partial charge on any atom is -0.494 e. The van der Waals surface area contributed by atoms with Gasteiger partial charge >= 0.3 is 0 Å². The van der Waals surface area contributed by atoms with E-state index in [4.69, 9.17) is 4.74 Å². The lowest BCUT2D eigenvalue weighted by Gasteiger charge is -2.26. The smallest absolute Gasteiger partial charge is 0.267 e. The Morgan fingerprint density at radius 1 is 1.07 bits per heavy atom. The maximum Gasteiger partial charge on any atom is 0.267 e. The Labute approximate surface area is 164 Å². The molecule has 28 heavy (non-hydrogen) atoms. The maximum absolute atomic E-state index is 12.8. The Hall–Kier alpha value is -2.73. The van der Waals surface area contributed by atoms with Gasteiger partial charge in [-0.2, -0.15) is 0 Å². The summed E-state index contributed by atoms with van der Waals surface area (Å²) in [5, 5.41) is 0.520. The second-order valence-corrected chi connectivity index (χ2v) is 7.29. The van der Waals surface area contributed by atoms with Gasteiger partial charge in [0, 0.05) is 18.9 Å². The zero-order valence-electron chi connectivity index (χ0n) is 16.3. The van der Waals surface area contributed by atoms with E-state index in [9.17, 15) is 4.79 Å². The third kappa shape index (κ3) is 4.07. The number of fused-ring (bicyclic) bond motifs is 1. The van der Waals surface area contributed by atoms with Gasteiger partial charge < -0.3 is 9.64 Å². The van der Waals surface area contributed by atoms with Gasteiger partial charge in [0.05, 0.1) is 23.2 Å². The van der Waals surface area contributed by atoms with Crippen LogP contribution in [0.25, 0.3) is 16.6 Å². The van der Waals surface area contributed by atoms with E-state index in [1.807, 2.05) is 31.2 Å². The Morgan fingerprint density at radius 2 is 1.86 bits per heavy atom. The molecule has 0 amide bonds. The molecule has 0 unspecified atom stereocenters. The molecule has 1 aliphatic heterocycles. The Morgan fingerprint density at radius 3 is 2.64 bits per heavy atom. The third-order valence-corrected chi connectivity index (χ3v) is 5.27. The molecular formula is C22H26N4O2. The SMILES string of the molecule is Cc1nc2ccncc2c(=O)n1-c1ccc(OCCCN2CCCCC2)cc1. The molecule has 1 saturated heterocycles. The van der Waals surface area contributed by atoms with Gasteiger partial charge in [-0.3, -0.25) is 14.3 Å². The fourth-order valence-electron chi connectivity index (χ4n) is 3.80. The summed E-state index contributed by atoms with van der Waals surface area (Å²) in [4.78, 5) is 23.9. The van der Waals surface area contributed by atoms with Gasteiger partial charge in [0.2, 0.25) is 0 Å². The number of ether oxygens (including phenoxy) is 1. The average Bonchev–Trinajstić information content (AvgIpc) is 2.73. The summed E-state index contributed by atoms with van der Waals surface area (Å²) in [6.07, 6.45) is 8.26. The Balaban J connectivity index is 1.42. The lowest BCUT2D eigenvalue weighted by atomic mass is 10.1. The van der Waals surface area contributed by atoms with E-state index in [-0.39, 0.29) is 5.56 Å². The largest absolute Gasteiger partial charge is 0.494 e. The molecule has 0 spiro atoms. The van der Waals surface area contributed by atoms with Crippen LogP contribution in [0.5, 0.6) is 5.75 Å². The molecule has 4 rings (SSSR count). The summed E-state index contributed by atoms with van der Waals surface area (Å²) < 4.78 is 7.49. The van der Waals surface area contributed by atoms with Crippen LogP contribution in [0.4, 0.5) is 0 Å². The second kappa shape index (κ2) is 8.52. The predicted octanol–water partition coefficient (Wildman–Crippen LogP) is 3.34. The van der Waals surface area contributed by atoms with Gasteiger partial charge in [-0.25, -0.2) is 4.98 Å². The Kier molecular flexibility index (Phi) is 5.67. The summed E-state index contributed by atoms with van der Waals surface area (Å²) >= 11 is 0. The van der Waals surface area contributed by atoms with Crippen molar-refractivity contribution in [3.8, 4) is 11.4 Å². The fourth-order valence-corrected chi connectivity index (χ4v) is 3.80. The quantitative estimate of drug-likeness (QED) is 0.616. The van der Waals surface area contributed by atoms with Crippen molar-refractivity contribution in [1.29, 1.82) is 0 Å². The first-order chi connectivity index (χ1) is 13.7. The first-order valence-corrected chi connectivity index (χ1v) is 10.0. The highest BCUT2D eigenvalue weighted by molar-refractivity contribution is 5.76. The van der Waals surface area contributed by atoms with E-state index in [1.54, 1.807) is 23.0 Å². The van der Waals surface area contributed by atoms with Crippen LogP contribution in [0.2, 0.25) is 0 Å². The molecule has 6 nitrogen and oxygen atoms in total. The summed E-state index contributed by atoms with van der Waals surface area (Å²) in [7, 11) is 0. The fraction of sp³-hybridized carbons (Fsp3) is 0.409. The zero-order valence-corrected chi connectivity index (χ0v) is 16.3. The summed E-state index contributed by atoms with van der Waals surface area (Å²) in [6.45, 7) is 6.09. The molecule has 6 heteroatoms. The number of hydrogen-bond donors (Lipinski definition) is 0. The van der Waals surface area contributed by atoms with Crippen LogP contribution in [0.1, 0.15) is 31.5 Å². The van der Waals surface area contributed by atoms with Crippen LogP contribution in [-0.4, -0.2) is 45.7 Å². The molecular weight excluding hydrogens is 352 g/mol. The van der Waals surface area contributed by atoms with Crippen LogP contribution in [0.3, 0.4) is 0 Å². The van der Waals surface area contributed by atoms with Crippen LogP contribution in [-0.2, 0) is 0 Å². The Bertz CT molecular complexity index is 992. The molecule has 2 aromatic heterocycles. The van der Waals surface area contributed by atoms with E-state index < -0.39 is 0 Å². The second-order valence-electron chi connectivity index (χ2n) is 7.29. The van der Waals surface area contributed by atoms with Gasteiger partial charge in [-0.15, -0.1) is 0 Å². The van der Waals surface area contributed by atoms with Gasteiger partial charge in [0.25, 0.3) is 5.56 Å². The molecule has 1 aromatic carbocycles. The number of aromatic nitrogens is 3. The van der Waals surface area contributed by atoms with Crippen LogP contribution >= 0.6 is 0 Å². The first kappa shape index (κ1) is 18.6. The van der Waals surface area contributed by atoms with E-state index in [1.165, 1.54) is 32.4 Å². The van der Waals surface area contributed by atoms with Crippen LogP contribution in [0.15, 0.2) is 47.5 Å². The van der Waals surface area contributed by atoms with E-state index in [2.05, 4.69) is 14.9 Å². The van der Waals surface area contributed by atoms with Crippen molar-refractivity contribution >= 4 is 10.9 Å². The van der Waals surface area contributed by atoms with Gasteiger partial charge in [-0.1, -0.05) is 6.42 Å². The molecule has 0 N–H and O–H groups in total. The minimum atomic E-state index is -0.106. The number of pyridine rings is 1. The van der Waals surface area contributed by atoms with Crippen molar-refractivity contribution in [2.24, 2.45) is 0 Å². The molecule has 0 radical (unpaired) electrons. The highest BCUT2D eigenvalue weighted by Gasteiger charge is 2.11. The van der Waals surface area contributed by atoms with Gasteiger partial charge in [0.15, 0.2) is 0 Å². The van der Waals surface area contributed by atoms with Crippen molar-refractivity contribution < 1.29 is 4.74 Å². The number of likely N-dealkylation sites (tertiary alicyclic amines) is 1. The molecule has 0 bridgehead atoms. The number of rotatable bonds is 6. The van der Waals surface area contributed by atoms with Crippen molar-refractivity contribution in [1.82, 2.24) is 19.4 Å². The van der Waals surface area contributed by atoms with Crippen LogP contribution in [0, 0.1) is 6.92 Å². The van der Waals surface area contributed by atoms with Crippen molar-refractivity contribution in [3.63, 3.8) is 0 Å². The molecule has 0 atom stereocenters. The predicted molar refractivity (Wildman–Crippen MR) is 110 cm³/mol. The van der Waals surface area contributed by atoms with Crippen molar-refractivity contribution in [3.05, 3.63) is 58.9 Å². The lowest BCUT2D eigenvalue weighted by Crippen LogP contribution is -2.31. The number of aryl methyl sites for hydroxylation is 1. The molecule has 0 saturated carbocycles. The molecule has 3 aromatic rings. The molecule has 146 valence electrons. The van der Waals surface area contributed by atoms with Crippen molar-refractivity contribution in [2.45, 2.75) is 32.6 Å². The first-order valence-electron chi connectivity index (χ1n) is 10.0. The summed E-state index contributed by atoms with van der Waals surface area (Å²) in [5.74, 6) is 1.47. The zero-order chi connectivity index (χ0) is 19.3.